The van der Waals surface area contributed by atoms with Crippen molar-refractivity contribution in [2.24, 2.45) is 0 Å². The van der Waals surface area contributed by atoms with Crippen LogP contribution >= 0.6 is 0 Å². The van der Waals surface area contributed by atoms with Crippen LogP contribution in [-0.4, -0.2) is 77.0 Å². The van der Waals surface area contributed by atoms with E-state index in [0.717, 1.165) is 41.6 Å². The number of aryl methyl sites for hydroxylation is 1. The van der Waals surface area contributed by atoms with Gasteiger partial charge in [0, 0.05) is 39.0 Å². The van der Waals surface area contributed by atoms with E-state index in [0.29, 0.717) is 37.8 Å². The predicted molar refractivity (Wildman–Crippen MR) is 145 cm³/mol. The Hall–Kier alpha value is -3.56. The largest absolute Gasteiger partial charge is 0.378 e. The summed E-state index contributed by atoms with van der Waals surface area (Å²) in [6, 6.07) is 9.48. The highest BCUT2D eigenvalue weighted by Gasteiger charge is 2.27. The Morgan fingerprint density at radius 1 is 1.22 bits per heavy atom. The highest BCUT2D eigenvalue weighted by molar-refractivity contribution is 6.04. The molecule has 0 saturated carbocycles. The van der Waals surface area contributed by atoms with Gasteiger partial charge in [-0.25, -0.2) is 4.98 Å². The summed E-state index contributed by atoms with van der Waals surface area (Å²) < 4.78 is 7.22. The number of likely N-dealkylation sites (N-methyl/N-ethyl adjacent to an activating group) is 1. The Balaban J connectivity index is 1.64. The van der Waals surface area contributed by atoms with Crippen LogP contribution in [0.4, 0.5) is 5.95 Å². The molecule has 0 radical (unpaired) electrons. The molecule has 0 spiro atoms. The van der Waals surface area contributed by atoms with Crippen molar-refractivity contribution in [2.75, 3.05) is 46.2 Å². The Morgan fingerprint density at radius 2 is 2.05 bits per heavy atom. The number of methoxy groups -OCH3 is 1. The number of amides is 2. The van der Waals surface area contributed by atoms with Gasteiger partial charge in [-0.15, -0.1) is 0 Å². The van der Waals surface area contributed by atoms with E-state index < -0.39 is 0 Å². The molecular formula is C28H36N6O3. The van der Waals surface area contributed by atoms with E-state index >= 15 is 0 Å². The molecule has 1 aliphatic heterocycles. The van der Waals surface area contributed by atoms with Crippen molar-refractivity contribution in [1.29, 1.82) is 0 Å². The number of rotatable bonds is 8. The number of hydrogen-bond acceptors (Lipinski definition) is 6. The lowest BCUT2D eigenvalue weighted by atomic mass is 10.1. The molecule has 0 bridgehead atoms. The number of pyridine rings is 1. The number of nitrogens with one attached hydrogen (secondary N) is 1. The van der Waals surface area contributed by atoms with Gasteiger partial charge in [0.25, 0.3) is 5.91 Å². The summed E-state index contributed by atoms with van der Waals surface area (Å²) >= 11 is 0. The molecule has 196 valence electrons. The monoisotopic (exact) mass is 504 g/mol. The minimum Gasteiger partial charge on any atom is -0.378 e. The maximum absolute atomic E-state index is 13.2. The number of anilines is 1. The van der Waals surface area contributed by atoms with Gasteiger partial charge < -0.3 is 19.1 Å². The zero-order chi connectivity index (χ0) is 26.4. The Bertz CT molecular complexity index is 1260. The average Bonchev–Trinajstić information content (AvgIpc) is 3.06. The third kappa shape index (κ3) is 6.42. The number of benzene rings is 1. The Morgan fingerprint density at radius 3 is 2.78 bits per heavy atom. The number of ether oxygens (including phenoxy) is 1. The van der Waals surface area contributed by atoms with Gasteiger partial charge in [0.1, 0.15) is 0 Å². The van der Waals surface area contributed by atoms with Crippen LogP contribution in [0.5, 0.6) is 0 Å². The zero-order valence-corrected chi connectivity index (χ0v) is 22.1. The van der Waals surface area contributed by atoms with E-state index in [1.807, 2.05) is 55.1 Å². The molecule has 2 amide bonds. The van der Waals surface area contributed by atoms with E-state index in [9.17, 15) is 9.59 Å². The molecule has 9 heteroatoms. The first-order valence-corrected chi connectivity index (χ1v) is 12.7. The van der Waals surface area contributed by atoms with Crippen molar-refractivity contribution in [3.05, 3.63) is 65.5 Å². The second-order valence-corrected chi connectivity index (χ2v) is 9.77. The normalized spacial score (nSPS) is 16.5. The van der Waals surface area contributed by atoms with Crippen LogP contribution < -0.4 is 5.32 Å². The first-order valence-electron chi connectivity index (χ1n) is 12.7. The molecule has 2 aromatic heterocycles. The molecular weight excluding hydrogens is 468 g/mol. The van der Waals surface area contributed by atoms with Gasteiger partial charge in [-0.2, -0.15) is 0 Å². The summed E-state index contributed by atoms with van der Waals surface area (Å²) in [4.78, 5) is 39.2. The van der Waals surface area contributed by atoms with E-state index in [1.165, 1.54) is 0 Å². The summed E-state index contributed by atoms with van der Waals surface area (Å²) in [7, 11) is 5.56. The lowest BCUT2D eigenvalue weighted by Crippen LogP contribution is -2.35. The molecule has 3 heterocycles. The van der Waals surface area contributed by atoms with Crippen LogP contribution in [-0.2, 0) is 16.1 Å². The number of aromatic nitrogens is 3. The quantitative estimate of drug-likeness (QED) is 0.469. The van der Waals surface area contributed by atoms with Gasteiger partial charge in [0.2, 0.25) is 11.9 Å². The Labute approximate surface area is 218 Å². The lowest BCUT2D eigenvalue weighted by molar-refractivity contribution is -0.126. The molecule has 37 heavy (non-hydrogen) atoms. The van der Waals surface area contributed by atoms with Gasteiger partial charge in [-0.05, 0) is 64.0 Å². The predicted octanol–water partition coefficient (Wildman–Crippen LogP) is 3.81. The molecule has 1 N–H and O–H groups in total. The molecule has 9 nitrogen and oxygen atoms in total. The first-order chi connectivity index (χ1) is 17.9. The molecule has 1 saturated heterocycles. The summed E-state index contributed by atoms with van der Waals surface area (Å²) in [5.41, 5.74) is 4.07. The summed E-state index contributed by atoms with van der Waals surface area (Å²) in [5.74, 6) is 0.222. The minimum atomic E-state index is -0.279. The number of likely N-dealkylation sites (tertiary alicyclic amines) is 1. The van der Waals surface area contributed by atoms with E-state index in [2.05, 4.69) is 14.9 Å². The van der Waals surface area contributed by atoms with Crippen LogP contribution in [0.1, 0.15) is 46.9 Å². The summed E-state index contributed by atoms with van der Waals surface area (Å²) in [5, 5.41) is 3.02. The van der Waals surface area contributed by atoms with Crippen molar-refractivity contribution in [1.82, 2.24) is 24.3 Å². The molecule has 3 aromatic rings. The number of hydrogen-bond donors (Lipinski definition) is 1. The van der Waals surface area contributed by atoms with Crippen molar-refractivity contribution in [3.8, 4) is 0 Å². The van der Waals surface area contributed by atoms with E-state index in [-0.39, 0.29) is 17.9 Å². The topological polar surface area (TPSA) is 92.6 Å². The summed E-state index contributed by atoms with van der Waals surface area (Å²) in [6.07, 6.45) is 7.94. The highest BCUT2D eigenvalue weighted by Crippen LogP contribution is 2.32. The van der Waals surface area contributed by atoms with Crippen LogP contribution in [0, 0.1) is 6.92 Å². The fraction of sp³-hybridized carbons (Fsp3) is 0.429. The minimum absolute atomic E-state index is 0.0164. The van der Waals surface area contributed by atoms with Gasteiger partial charge >= 0.3 is 0 Å². The highest BCUT2D eigenvalue weighted by atomic mass is 16.5. The van der Waals surface area contributed by atoms with Crippen LogP contribution in [0.15, 0.2) is 48.7 Å². The second-order valence-electron chi connectivity index (χ2n) is 9.77. The van der Waals surface area contributed by atoms with Crippen LogP contribution in [0.3, 0.4) is 0 Å². The van der Waals surface area contributed by atoms with E-state index in [1.54, 1.807) is 31.5 Å². The Kier molecular flexibility index (Phi) is 8.68. The number of para-hydroxylation sites is 1. The number of fused-ring (bicyclic) bond motifs is 1. The lowest BCUT2D eigenvalue weighted by Gasteiger charge is -2.26. The number of carbonyl (C=O) groups is 2. The van der Waals surface area contributed by atoms with Gasteiger partial charge in [0.05, 0.1) is 34.9 Å². The molecule has 1 atom stereocenters. The molecule has 4 rings (SSSR count). The van der Waals surface area contributed by atoms with Gasteiger partial charge in [-0.3, -0.25) is 19.9 Å². The maximum Gasteiger partial charge on any atom is 0.259 e. The fourth-order valence-electron chi connectivity index (χ4n) is 4.73. The van der Waals surface area contributed by atoms with E-state index in [4.69, 9.17) is 9.72 Å². The number of imidazole rings is 1. The van der Waals surface area contributed by atoms with Crippen molar-refractivity contribution >= 4 is 28.8 Å². The first kappa shape index (κ1) is 26.5. The standard InChI is InChI=1S/C28H36N6O3/c1-20-9-7-11-24-26(20)34(23-10-5-6-16-33(18-23)25(35)12-8-15-32(2)3)28(30-24)31-27(36)21-13-14-22(19-37-4)29-17-21/h7-9,11-14,17,23H,5-6,10,15-16,18-19H2,1-4H3,(H,30,31,36)/b12-8+. The van der Waals surface area contributed by atoms with Crippen molar-refractivity contribution in [2.45, 2.75) is 38.8 Å². The fourth-order valence-corrected chi connectivity index (χ4v) is 4.73. The maximum atomic E-state index is 13.2. The SMILES string of the molecule is COCc1ccc(C(=O)Nc2nc3cccc(C)c3n2C2CCCCN(C(=O)/C=C/CN(C)C)C2)cn1. The van der Waals surface area contributed by atoms with Gasteiger partial charge in [0.15, 0.2) is 0 Å². The molecule has 1 unspecified atom stereocenters. The second kappa shape index (κ2) is 12.1. The molecule has 1 aromatic carbocycles. The third-order valence-electron chi connectivity index (χ3n) is 6.57. The van der Waals surface area contributed by atoms with Crippen LogP contribution in [0.2, 0.25) is 0 Å². The van der Waals surface area contributed by atoms with Crippen molar-refractivity contribution in [3.63, 3.8) is 0 Å². The van der Waals surface area contributed by atoms with Crippen molar-refractivity contribution < 1.29 is 14.3 Å². The molecule has 1 aliphatic rings. The molecule has 1 fully saturated rings. The zero-order valence-electron chi connectivity index (χ0n) is 22.1. The van der Waals surface area contributed by atoms with Gasteiger partial charge in [-0.1, -0.05) is 18.2 Å². The smallest absolute Gasteiger partial charge is 0.259 e. The third-order valence-corrected chi connectivity index (χ3v) is 6.57. The number of carbonyl (C=O) groups excluding carboxylic acids is 2. The van der Waals surface area contributed by atoms with Crippen LogP contribution in [0.25, 0.3) is 11.0 Å². The number of nitrogens with zero attached hydrogens (tertiary/aromatic N) is 5. The molecule has 0 aliphatic carbocycles. The summed E-state index contributed by atoms with van der Waals surface area (Å²) in [6.45, 7) is 4.42. The average molecular weight is 505 g/mol.